The molecule has 0 atom stereocenters. The average Bonchev–Trinajstić information content (AvgIpc) is 2.73. The lowest BCUT2D eigenvalue weighted by molar-refractivity contribution is -0.161. The SMILES string of the molecule is CC(C)(C)OC(=O)C1CCC(c2ccc(NC(=O)OCc3ccccc3)c(F)c2)CC1. The van der Waals surface area contributed by atoms with Crippen LogP contribution in [-0.2, 0) is 20.9 Å². The molecule has 2 aromatic carbocycles. The maximum absolute atomic E-state index is 14.6. The van der Waals surface area contributed by atoms with E-state index in [1.807, 2.05) is 57.2 Å². The Kier molecular flexibility index (Phi) is 7.31. The summed E-state index contributed by atoms with van der Waals surface area (Å²) in [7, 11) is 0. The minimum Gasteiger partial charge on any atom is -0.460 e. The van der Waals surface area contributed by atoms with Crippen molar-refractivity contribution in [3.63, 3.8) is 0 Å². The van der Waals surface area contributed by atoms with E-state index in [-0.39, 0.29) is 30.1 Å². The number of anilines is 1. The highest BCUT2D eigenvalue weighted by Gasteiger charge is 2.30. The van der Waals surface area contributed by atoms with Gasteiger partial charge in [0.2, 0.25) is 0 Å². The summed E-state index contributed by atoms with van der Waals surface area (Å²) in [5.41, 5.74) is 1.34. The van der Waals surface area contributed by atoms with Crippen LogP contribution in [0.1, 0.15) is 63.5 Å². The predicted octanol–water partition coefficient (Wildman–Crippen LogP) is 6.19. The van der Waals surface area contributed by atoms with E-state index in [1.165, 1.54) is 6.07 Å². The number of benzene rings is 2. The van der Waals surface area contributed by atoms with Gasteiger partial charge in [-0.3, -0.25) is 10.1 Å². The number of hydrogen-bond acceptors (Lipinski definition) is 4. The molecule has 1 aliphatic carbocycles. The Morgan fingerprint density at radius 3 is 2.32 bits per heavy atom. The van der Waals surface area contributed by atoms with Crippen LogP contribution in [0.5, 0.6) is 0 Å². The van der Waals surface area contributed by atoms with E-state index in [2.05, 4.69) is 5.32 Å². The average molecular weight is 428 g/mol. The predicted molar refractivity (Wildman–Crippen MR) is 117 cm³/mol. The van der Waals surface area contributed by atoms with Crippen LogP contribution in [0.3, 0.4) is 0 Å². The number of amides is 1. The van der Waals surface area contributed by atoms with E-state index in [4.69, 9.17) is 9.47 Å². The molecule has 2 aromatic rings. The summed E-state index contributed by atoms with van der Waals surface area (Å²) in [5.74, 6) is -0.554. The van der Waals surface area contributed by atoms with E-state index >= 15 is 0 Å². The fourth-order valence-corrected chi connectivity index (χ4v) is 3.80. The smallest absolute Gasteiger partial charge is 0.412 e. The zero-order chi connectivity index (χ0) is 22.4. The molecule has 3 rings (SSSR count). The molecule has 0 unspecified atom stereocenters. The second-order valence-electron chi connectivity index (χ2n) is 9.01. The summed E-state index contributed by atoms with van der Waals surface area (Å²) < 4.78 is 25.2. The molecule has 1 aliphatic rings. The maximum atomic E-state index is 14.6. The van der Waals surface area contributed by atoms with Crippen molar-refractivity contribution in [1.29, 1.82) is 0 Å². The molecule has 166 valence electrons. The first-order chi connectivity index (χ1) is 14.7. The summed E-state index contributed by atoms with van der Waals surface area (Å²) in [5, 5.41) is 2.46. The van der Waals surface area contributed by atoms with Crippen LogP contribution in [0.15, 0.2) is 48.5 Å². The highest BCUT2D eigenvalue weighted by Crippen LogP contribution is 2.37. The summed E-state index contributed by atoms with van der Waals surface area (Å²) in [6.45, 7) is 5.72. The van der Waals surface area contributed by atoms with E-state index in [0.717, 1.165) is 36.8 Å². The fraction of sp³-hybridized carbons (Fsp3) is 0.440. The molecule has 31 heavy (non-hydrogen) atoms. The first-order valence-electron chi connectivity index (χ1n) is 10.7. The van der Waals surface area contributed by atoms with Crippen molar-refractivity contribution in [2.45, 2.75) is 64.6 Å². The van der Waals surface area contributed by atoms with Crippen LogP contribution in [0.4, 0.5) is 14.9 Å². The van der Waals surface area contributed by atoms with E-state index < -0.39 is 17.5 Å². The second kappa shape index (κ2) is 9.94. The molecule has 0 spiro atoms. The summed E-state index contributed by atoms with van der Waals surface area (Å²) in [4.78, 5) is 24.2. The second-order valence-corrected chi connectivity index (χ2v) is 9.01. The molecule has 0 bridgehead atoms. The lowest BCUT2D eigenvalue weighted by atomic mass is 9.78. The van der Waals surface area contributed by atoms with Crippen LogP contribution >= 0.6 is 0 Å². The van der Waals surface area contributed by atoms with Gasteiger partial charge in [0.15, 0.2) is 0 Å². The Bertz CT molecular complexity index is 899. The summed E-state index contributed by atoms with van der Waals surface area (Å²) in [6, 6.07) is 14.1. The standard InChI is InChI=1S/C25H30FNO4/c1-25(2,3)31-23(28)19-11-9-18(10-12-19)20-13-14-22(21(26)15-20)27-24(29)30-16-17-7-5-4-6-8-17/h4-8,13-15,18-19H,9-12,16H2,1-3H3,(H,27,29). The molecule has 5 nitrogen and oxygen atoms in total. The lowest BCUT2D eigenvalue weighted by Crippen LogP contribution is -2.30. The van der Waals surface area contributed by atoms with Gasteiger partial charge in [-0.15, -0.1) is 0 Å². The highest BCUT2D eigenvalue weighted by atomic mass is 19.1. The van der Waals surface area contributed by atoms with Crippen molar-refractivity contribution in [3.8, 4) is 0 Å². The first kappa shape index (κ1) is 22.8. The number of ether oxygens (including phenoxy) is 2. The van der Waals surface area contributed by atoms with Crippen molar-refractivity contribution in [2.75, 3.05) is 5.32 Å². The molecule has 0 radical (unpaired) electrons. The Labute approximate surface area is 182 Å². The van der Waals surface area contributed by atoms with Gasteiger partial charge in [-0.2, -0.15) is 0 Å². The number of carbonyl (C=O) groups excluding carboxylic acids is 2. The Morgan fingerprint density at radius 2 is 1.71 bits per heavy atom. The Morgan fingerprint density at radius 1 is 1.03 bits per heavy atom. The van der Waals surface area contributed by atoms with E-state index in [9.17, 15) is 14.0 Å². The van der Waals surface area contributed by atoms with Crippen molar-refractivity contribution in [2.24, 2.45) is 5.92 Å². The largest absolute Gasteiger partial charge is 0.460 e. The van der Waals surface area contributed by atoms with Gasteiger partial charge in [0.1, 0.15) is 18.0 Å². The number of carbonyl (C=O) groups is 2. The minimum atomic E-state index is -0.701. The number of halogens is 1. The van der Waals surface area contributed by atoms with Crippen LogP contribution < -0.4 is 5.32 Å². The monoisotopic (exact) mass is 427 g/mol. The van der Waals surface area contributed by atoms with Gasteiger partial charge in [-0.05, 0) is 75.6 Å². The van der Waals surface area contributed by atoms with Gasteiger partial charge < -0.3 is 9.47 Å². The number of esters is 1. The number of rotatable bonds is 5. The number of nitrogens with one attached hydrogen (secondary N) is 1. The summed E-state index contributed by atoms with van der Waals surface area (Å²) in [6.07, 6.45) is 2.36. The van der Waals surface area contributed by atoms with Crippen LogP contribution in [0.2, 0.25) is 0 Å². The zero-order valence-electron chi connectivity index (χ0n) is 18.3. The van der Waals surface area contributed by atoms with Crippen LogP contribution in [-0.4, -0.2) is 17.7 Å². The van der Waals surface area contributed by atoms with E-state index in [1.54, 1.807) is 6.07 Å². The molecule has 1 fully saturated rings. The minimum absolute atomic E-state index is 0.0873. The van der Waals surface area contributed by atoms with Gasteiger partial charge in [-0.1, -0.05) is 36.4 Å². The Balaban J connectivity index is 1.51. The topological polar surface area (TPSA) is 64.6 Å². The van der Waals surface area contributed by atoms with Crippen molar-refractivity contribution in [3.05, 3.63) is 65.5 Å². The van der Waals surface area contributed by atoms with Gasteiger partial charge in [0.25, 0.3) is 0 Å². The maximum Gasteiger partial charge on any atom is 0.412 e. The molecule has 1 saturated carbocycles. The van der Waals surface area contributed by atoms with Crippen molar-refractivity contribution >= 4 is 17.7 Å². The van der Waals surface area contributed by atoms with Gasteiger partial charge >= 0.3 is 12.1 Å². The lowest BCUT2D eigenvalue weighted by Gasteiger charge is -2.30. The van der Waals surface area contributed by atoms with Crippen molar-refractivity contribution < 1.29 is 23.5 Å². The third-order valence-corrected chi connectivity index (χ3v) is 5.38. The molecule has 1 N–H and O–H groups in total. The van der Waals surface area contributed by atoms with Gasteiger partial charge in [0, 0.05) is 0 Å². The fourth-order valence-electron chi connectivity index (χ4n) is 3.80. The molecule has 1 amide bonds. The first-order valence-corrected chi connectivity index (χ1v) is 10.7. The molecular formula is C25H30FNO4. The van der Waals surface area contributed by atoms with Gasteiger partial charge in [0.05, 0.1) is 11.6 Å². The number of hydrogen-bond donors (Lipinski definition) is 1. The third-order valence-electron chi connectivity index (χ3n) is 5.38. The molecule has 0 aromatic heterocycles. The molecular weight excluding hydrogens is 397 g/mol. The van der Waals surface area contributed by atoms with Crippen LogP contribution in [0.25, 0.3) is 0 Å². The Hall–Kier alpha value is -2.89. The molecule has 0 aliphatic heterocycles. The quantitative estimate of drug-likeness (QED) is 0.578. The molecule has 6 heteroatoms. The molecule has 0 saturated heterocycles. The van der Waals surface area contributed by atoms with Crippen LogP contribution in [0, 0.1) is 11.7 Å². The third kappa shape index (κ3) is 6.81. The highest BCUT2D eigenvalue weighted by molar-refractivity contribution is 5.84. The van der Waals surface area contributed by atoms with Crippen molar-refractivity contribution in [1.82, 2.24) is 0 Å². The van der Waals surface area contributed by atoms with E-state index in [0.29, 0.717) is 0 Å². The molecule has 0 heterocycles. The normalized spacial score (nSPS) is 18.8. The van der Waals surface area contributed by atoms with Gasteiger partial charge in [-0.25, -0.2) is 9.18 Å². The summed E-state index contributed by atoms with van der Waals surface area (Å²) >= 11 is 0. The zero-order valence-corrected chi connectivity index (χ0v) is 18.3.